The van der Waals surface area contributed by atoms with Crippen molar-refractivity contribution in [2.24, 2.45) is 0 Å². The molecule has 162 valence electrons. The van der Waals surface area contributed by atoms with Crippen LogP contribution in [0.3, 0.4) is 0 Å². The van der Waals surface area contributed by atoms with E-state index in [1.54, 1.807) is 7.11 Å². The van der Waals surface area contributed by atoms with Gasteiger partial charge in [0.25, 0.3) is 5.91 Å². The van der Waals surface area contributed by atoms with Crippen molar-refractivity contribution < 1.29 is 14.3 Å². The number of anilines is 1. The Labute approximate surface area is 184 Å². The monoisotopic (exact) mass is 430 g/mol. The number of carbonyl (C=O) groups excluding carboxylic acids is 1. The number of rotatable bonds is 8. The fourth-order valence-electron chi connectivity index (χ4n) is 3.73. The molecule has 0 atom stereocenters. The number of aryl methyl sites for hydroxylation is 1. The molecule has 0 unspecified atom stereocenters. The van der Waals surface area contributed by atoms with E-state index in [0.717, 1.165) is 23.4 Å². The maximum absolute atomic E-state index is 12.2. The van der Waals surface area contributed by atoms with E-state index in [-0.39, 0.29) is 12.5 Å². The van der Waals surface area contributed by atoms with Crippen molar-refractivity contribution in [2.75, 3.05) is 19.0 Å². The number of ether oxygens (including phenoxy) is 2. The van der Waals surface area contributed by atoms with Crippen molar-refractivity contribution in [3.8, 4) is 11.5 Å². The molecule has 0 radical (unpaired) electrons. The molecule has 1 aliphatic rings. The lowest BCUT2D eigenvalue weighted by Crippen LogP contribution is -2.27. The Hall–Kier alpha value is -2.24. The highest BCUT2D eigenvalue weighted by atomic mass is 35.5. The third-order valence-electron chi connectivity index (χ3n) is 5.42. The molecule has 2 aromatic rings. The lowest BCUT2D eigenvalue weighted by molar-refractivity contribution is -0.118. The SMILES string of the molecule is COc1cc(CNC2CCCCCC2)cc(Cl)c1OCC(=O)Nc1ccc(C)cc1. The Balaban J connectivity index is 1.57. The molecular weight excluding hydrogens is 400 g/mol. The van der Waals surface area contributed by atoms with E-state index in [4.69, 9.17) is 21.1 Å². The lowest BCUT2D eigenvalue weighted by Gasteiger charge is -2.18. The van der Waals surface area contributed by atoms with Crippen LogP contribution in [0.4, 0.5) is 5.69 Å². The summed E-state index contributed by atoms with van der Waals surface area (Å²) < 4.78 is 11.2. The van der Waals surface area contributed by atoms with E-state index in [2.05, 4.69) is 10.6 Å². The van der Waals surface area contributed by atoms with Gasteiger partial charge >= 0.3 is 0 Å². The summed E-state index contributed by atoms with van der Waals surface area (Å²) in [5.74, 6) is 0.663. The van der Waals surface area contributed by atoms with E-state index in [1.165, 1.54) is 38.5 Å². The maximum atomic E-state index is 12.2. The molecule has 1 amide bonds. The summed E-state index contributed by atoms with van der Waals surface area (Å²) in [6.07, 6.45) is 7.70. The predicted octanol–water partition coefficient (Wildman–Crippen LogP) is 5.49. The van der Waals surface area contributed by atoms with Gasteiger partial charge in [0.05, 0.1) is 12.1 Å². The van der Waals surface area contributed by atoms with Gasteiger partial charge in [-0.05, 0) is 49.6 Å². The smallest absolute Gasteiger partial charge is 0.262 e. The summed E-state index contributed by atoms with van der Waals surface area (Å²) in [6, 6.07) is 12.0. The number of carbonyl (C=O) groups is 1. The first-order valence-electron chi connectivity index (χ1n) is 10.6. The Morgan fingerprint density at radius 3 is 2.47 bits per heavy atom. The van der Waals surface area contributed by atoms with E-state index >= 15 is 0 Å². The molecule has 0 spiro atoms. The minimum absolute atomic E-state index is 0.149. The highest BCUT2D eigenvalue weighted by Gasteiger charge is 2.16. The largest absolute Gasteiger partial charge is 0.493 e. The van der Waals surface area contributed by atoms with Crippen LogP contribution in [-0.4, -0.2) is 25.7 Å². The van der Waals surface area contributed by atoms with E-state index in [9.17, 15) is 4.79 Å². The van der Waals surface area contributed by atoms with Gasteiger partial charge in [-0.3, -0.25) is 4.79 Å². The Morgan fingerprint density at radius 1 is 1.10 bits per heavy atom. The number of nitrogens with one attached hydrogen (secondary N) is 2. The number of amides is 1. The number of methoxy groups -OCH3 is 1. The first-order chi connectivity index (χ1) is 14.5. The van der Waals surface area contributed by atoms with Gasteiger partial charge < -0.3 is 20.1 Å². The third kappa shape index (κ3) is 6.64. The highest BCUT2D eigenvalue weighted by molar-refractivity contribution is 6.32. The third-order valence-corrected chi connectivity index (χ3v) is 5.70. The van der Waals surface area contributed by atoms with Crippen LogP contribution in [0.15, 0.2) is 36.4 Å². The Morgan fingerprint density at radius 2 is 1.80 bits per heavy atom. The van der Waals surface area contributed by atoms with Crippen LogP contribution in [0.1, 0.15) is 49.7 Å². The molecule has 1 saturated carbocycles. The summed E-state index contributed by atoms with van der Waals surface area (Å²) in [4.78, 5) is 12.2. The molecule has 0 aliphatic heterocycles. The molecule has 3 rings (SSSR count). The quantitative estimate of drug-likeness (QED) is 0.544. The number of benzene rings is 2. The van der Waals surface area contributed by atoms with Gasteiger partial charge in [0.1, 0.15) is 0 Å². The van der Waals surface area contributed by atoms with E-state index < -0.39 is 0 Å². The lowest BCUT2D eigenvalue weighted by atomic mass is 10.1. The topological polar surface area (TPSA) is 59.6 Å². The Bertz CT molecular complexity index is 831. The Kier molecular flexibility index (Phi) is 8.40. The van der Waals surface area contributed by atoms with Crippen molar-refractivity contribution in [1.29, 1.82) is 0 Å². The molecule has 0 aromatic heterocycles. The van der Waals surface area contributed by atoms with Gasteiger partial charge in [0.15, 0.2) is 18.1 Å². The zero-order valence-electron chi connectivity index (χ0n) is 17.8. The van der Waals surface area contributed by atoms with Crippen LogP contribution in [0.2, 0.25) is 5.02 Å². The van der Waals surface area contributed by atoms with Gasteiger partial charge in [-0.25, -0.2) is 0 Å². The van der Waals surface area contributed by atoms with Crippen LogP contribution < -0.4 is 20.1 Å². The summed E-state index contributed by atoms with van der Waals surface area (Å²) in [6.45, 7) is 2.58. The first kappa shape index (κ1) is 22.4. The van der Waals surface area contributed by atoms with Crippen molar-refractivity contribution in [2.45, 2.75) is 58.0 Å². The van der Waals surface area contributed by atoms with Crippen molar-refractivity contribution in [1.82, 2.24) is 5.32 Å². The summed E-state index contributed by atoms with van der Waals surface area (Å²) in [7, 11) is 1.58. The standard InChI is InChI=1S/C24H31ClN2O3/c1-17-9-11-20(12-10-17)27-23(28)16-30-24-21(25)13-18(14-22(24)29-2)15-26-19-7-5-3-4-6-8-19/h9-14,19,26H,3-8,15-16H2,1-2H3,(H,27,28). The predicted molar refractivity (Wildman–Crippen MR) is 122 cm³/mol. The summed E-state index contributed by atoms with van der Waals surface area (Å²) in [5, 5.41) is 6.89. The molecule has 0 saturated heterocycles. The molecule has 30 heavy (non-hydrogen) atoms. The molecule has 2 N–H and O–H groups in total. The van der Waals surface area contributed by atoms with Crippen LogP contribution >= 0.6 is 11.6 Å². The second-order valence-electron chi connectivity index (χ2n) is 7.88. The first-order valence-corrected chi connectivity index (χ1v) is 11.0. The van der Waals surface area contributed by atoms with Gasteiger partial charge in [-0.1, -0.05) is 55.0 Å². The van der Waals surface area contributed by atoms with E-state index in [1.807, 2.05) is 43.3 Å². The average Bonchev–Trinajstić information content (AvgIpc) is 3.01. The number of hydrogen-bond donors (Lipinski definition) is 2. The van der Waals surface area contributed by atoms with Gasteiger partial charge in [0, 0.05) is 18.3 Å². The van der Waals surface area contributed by atoms with Gasteiger partial charge in [-0.2, -0.15) is 0 Å². The maximum Gasteiger partial charge on any atom is 0.262 e. The normalized spacial score (nSPS) is 14.8. The van der Waals surface area contributed by atoms with Crippen LogP contribution in [-0.2, 0) is 11.3 Å². The molecule has 1 fully saturated rings. The molecular formula is C24H31ClN2O3. The molecule has 0 bridgehead atoms. The van der Waals surface area contributed by atoms with Gasteiger partial charge in [0.2, 0.25) is 0 Å². The van der Waals surface area contributed by atoms with Crippen LogP contribution in [0.25, 0.3) is 0 Å². The molecule has 2 aromatic carbocycles. The minimum Gasteiger partial charge on any atom is -0.493 e. The van der Waals surface area contributed by atoms with Crippen molar-refractivity contribution in [3.05, 3.63) is 52.5 Å². The fourth-order valence-corrected chi connectivity index (χ4v) is 4.02. The minimum atomic E-state index is -0.254. The molecule has 5 nitrogen and oxygen atoms in total. The van der Waals surface area contributed by atoms with E-state index in [0.29, 0.717) is 22.6 Å². The molecule has 0 heterocycles. The number of halogens is 1. The summed E-state index contributed by atoms with van der Waals surface area (Å²) >= 11 is 6.46. The molecule has 1 aliphatic carbocycles. The second-order valence-corrected chi connectivity index (χ2v) is 8.29. The van der Waals surface area contributed by atoms with Crippen molar-refractivity contribution in [3.63, 3.8) is 0 Å². The van der Waals surface area contributed by atoms with Crippen molar-refractivity contribution >= 4 is 23.2 Å². The highest BCUT2D eigenvalue weighted by Crippen LogP contribution is 2.36. The van der Waals surface area contributed by atoms with Crippen LogP contribution in [0.5, 0.6) is 11.5 Å². The zero-order valence-corrected chi connectivity index (χ0v) is 18.6. The number of hydrogen-bond acceptors (Lipinski definition) is 4. The van der Waals surface area contributed by atoms with Crippen LogP contribution in [0, 0.1) is 6.92 Å². The summed E-state index contributed by atoms with van der Waals surface area (Å²) in [5.41, 5.74) is 2.90. The average molecular weight is 431 g/mol. The molecule has 6 heteroatoms. The fraction of sp³-hybridized carbons (Fsp3) is 0.458. The van der Waals surface area contributed by atoms with Gasteiger partial charge in [-0.15, -0.1) is 0 Å². The second kappa shape index (κ2) is 11.2. The zero-order chi connectivity index (χ0) is 21.3.